The van der Waals surface area contributed by atoms with Crippen molar-refractivity contribution < 1.29 is 0 Å². The number of aliphatic imine (C=N–C) groups is 1. The van der Waals surface area contributed by atoms with E-state index < -0.39 is 0 Å². The quantitative estimate of drug-likeness (QED) is 0.568. The summed E-state index contributed by atoms with van der Waals surface area (Å²) in [6.45, 7) is 10.9. The molecular weight excluding hydrogens is 112 g/mol. The molecule has 0 amide bonds. The summed E-state index contributed by atoms with van der Waals surface area (Å²) in [6.07, 6.45) is 1.68. The summed E-state index contributed by atoms with van der Waals surface area (Å²) >= 11 is 0. The van der Waals surface area contributed by atoms with E-state index in [0.29, 0.717) is 5.82 Å². The van der Waals surface area contributed by atoms with Crippen molar-refractivity contribution in [2.24, 2.45) is 4.99 Å². The molecule has 1 N–H and O–H groups in total. The van der Waals surface area contributed by atoms with Gasteiger partial charge in [0.05, 0.1) is 0 Å². The van der Waals surface area contributed by atoms with E-state index in [4.69, 9.17) is 0 Å². The molecule has 0 aromatic rings. The van der Waals surface area contributed by atoms with E-state index in [1.165, 1.54) is 0 Å². The van der Waals surface area contributed by atoms with Crippen molar-refractivity contribution in [2.75, 3.05) is 0 Å². The minimum Gasteiger partial charge on any atom is -0.345 e. The predicted molar refractivity (Wildman–Crippen MR) is 41.3 cm³/mol. The predicted octanol–water partition coefficient (Wildman–Crippen LogP) is 1.67. The second-order valence-corrected chi connectivity index (χ2v) is 1.74. The van der Waals surface area contributed by atoms with Crippen molar-refractivity contribution in [3.05, 3.63) is 24.7 Å². The van der Waals surface area contributed by atoms with Crippen molar-refractivity contribution in [2.45, 2.75) is 13.8 Å². The minimum absolute atomic E-state index is 0.630. The molecule has 2 nitrogen and oxygen atoms in total. The van der Waals surface area contributed by atoms with Crippen molar-refractivity contribution in [1.82, 2.24) is 5.32 Å². The summed E-state index contributed by atoms with van der Waals surface area (Å²) in [4.78, 5) is 3.87. The van der Waals surface area contributed by atoms with E-state index in [9.17, 15) is 0 Å². The van der Waals surface area contributed by atoms with Crippen molar-refractivity contribution in [3.8, 4) is 0 Å². The van der Waals surface area contributed by atoms with Crippen LogP contribution in [0.15, 0.2) is 29.7 Å². The number of nitrogens with one attached hydrogen (secondary N) is 1. The van der Waals surface area contributed by atoms with Crippen LogP contribution in [-0.4, -0.2) is 6.21 Å². The maximum atomic E-state index is 3.87. The topological polar surface area (TPSA) is 24.4 Å². The first-order chi connectivity index (χ1) is 4.16. The number of allylic oxidation sites excluding steroid dienone is 1. The van der Waals surface area contributed by atoms with E-state index in [1.54, 1.807) is 6.21 Å². The lowest BCUT2D eigenvalue weighted by molar-refractivity contribution is 0.963. The third-order valence-electron chi connectivity index (χ3n) is 0.643. The molecule has 0 heterocycles. The van der Waals surface area contributed by atoms with Gasteiger partial charge in [0.1, 0.15) is 5.82 Å². The molecule has 2 heteroatoms. The molecule has 0 saturated heterocycles. The Morgan fingerprint density at radius 1 is 1.56 bits per heavy atom. The van der Waals surface area contributed by atoms with E-state index in [2.05, 4.69) is 23.5 Å². The van der Waals surface area contributed by atoms with Gasteiger partial charge in [-0.3, -0.25) is 0 Å². The fourth-order valence-electron chi connectivity index (χ4n) is 0.434. The molecule has 0 aliphatic rings. The highest BCUT2D eigenvalue weighted by Crippen LogP contribution is 1.88. The highest BCUT2D eigenvalue weighted by Gasteiger charge is 1.83. The summed E-state index contributed by atoms with van der Waals surface area (Å²) in [5, 5.41) is 2.86. The van der Waals surface area contributed by atoms with Gasteiger partial charge in [-0.25, -0.2) is 4.99 Å². The van der Waals surface area contributed by atoms with Crippen LogP contribution in [0.3, 0.4) is 0 Å². The molecule has 0 fully saturated rings. The second kappa shape index (κ2) is 3.89. The third-order valence-corrected chi connectivity index (χ3v) is 0.643. The van der Waals surface area contributed by atoms with Crippen LogP contribution in [-0.2, 0) is 0 Å². The molecule has 0 radical (unpaired) electrons. The molecule has 0 aliphatic heterocycles. The van der Waals surface area contributed by atoms with Crippen LogP contribution in [0.5, 0.6) is 0 Å². The van der Waals surface area contributed by atoms with Crippen LogP contribution in [0.4, 0.5) is 0 Å². The Morgan fingerprint density at radius 2 is 2.11 bits per heavy atom. The maximum Gasteiger partial charge on any atom is 0.122 e. The molecule has 0 saturated carbocycles. The van der Waals surface area contributed by atoms with Gasteiger partial charge in [0.2, 0.25) is 0 Å². The van der Waals surface area contributed by atoms with Gasteiger partial charge in [-0.2, -0.15) is 0 Å². The Bertz CT molecular complexity index is 145. The van der Waals surface area contributed by atoms with Crippen LogP contribution >= 0.6 is 0 Å². The number of hydrogen-bond acceptors (Lipinski definition) is 2. The lowest BCUT2D eigenvalue weighted by atomic mass is 10.5. The van der Waals surface area contributed by atoms with E-state index in [-0.39, 0.29) is 0 Å². The summed E-state index contributed by atoms with van der Waals surface area (Å²) in [7, 11) is 0. The Morgan fingerprint density at radius 3 is 2.44 bits per heavy atom. The fourth-order valence-corrected chi connectivity index (χ4v) is 0.434. The average molecular weight is 124 g/mol. The standard InChI is InChI=1S/C7H12N2/c1-5-8-7(4)9-6(2)3/h5,9H,2,4H2,1,3H3. The SMILES string of the molecule is C=C(C)NC(=C)N=CC. The molecule has 9 heavy (non-hydrogen) atoms. The second-order valence-electron chi connectivity index (χ2n) is 1.74. The first kappa shape index (κ1) is 7.95. The van der Waals surface area contributed by atoms with Gasteiger partial charge >= 0.3 is 0 Å². The summed E-state index contributed by atoms with van der Waals surface area (Å²) in [5.41, 5.74) is 0.852. The molecular formula is C7H12N2. The van der Waals surface area contributed by atoms with Crippen LogP contribution in [0.1, 0.15) is 13.8 Å². The lowest BCUT2D eigenvalue weighted by Crippen LogP contribution is -2.05. The first-order valence-electron chi connectivity index (χ1n) is 2.77. The van der Waals surface area contributed by atoms with E-state index in [0.717, 1.165) is 5.70 Å². The van der Waals surface area contributed by atoms with E-state index in [1.807, 2.05) is 13.8 Å². The highest BCUT2D eigenvalue weighted by atomic mass is 15.0. The fraction of sp³-hybridized carbons (Fsp3) is 0.286. The van der Waals surface area contributed by atoms with Gasteiger partial charge in [-0.15, -0.1) is 0 Å². The Kier molecular flexibility index (Phi) is 3.44. The molecule has 0 aromatic carbocycles. The van der Waals surface area contributed by atoms with Gasteiger partial charge in [-0.05, 0) is 13.8 Å². The number of hydrogen-bond donors (Lipinski definition) is 1. The Labute approximate surface area is 56.0 Å². The zero-order valence-electron chi connectivity index (χ0n) is 5.94. The first-order valence-corrected chi connectivity index (χ1v) is 2.77. The zero-order chi connectivity index (χ0) is 7.28. The van der Waals surface area contributed by atoms with Crippen LogP contribution in [0, 0.1) is 0 Å². The van der Waals surface area contributed by atoms with Gasteiger partial charge in [0.25, 0.3) is 0 Å². The van der Waals surface area contributed by atoms with Crippen molar-refractivity contribution in [1.29, 1.82) is 0 Å². The van der Waals surface area contributed by atoms with Crippen molar-refractivity contribution >= 4 is 6.21 Å². The Balaban J connectivity index is 3.64. The maximum absolute atomic E-state index is 3.87. The minimum atomic E-state index is 0.630. The van der Waals surface area contributed by atoms with E-state index >= 15 is 0 Å². The third kappa shape index (κ3) is 4.81. The van der Waals surface area contributed by atoms with Gasteiger partial charge < -0.3 is 5.32 Å². The highest BCUT2D eigenvalue weighted by molar-refractivity contribution is 5.54. The number of nitrogens with zero attached hydrogens (tertiary/aromatic N) is 1. The molecule has 0 bridgehead atoms. The molecule has 0 atom stereocenters. The molecule has 0 rings (SSSR count). The van der Waals surface area contributed by atoms with Gasteiger partial charge in [0.15, 0.2) is 0 Å². The average Bonchev–Trinajstić information content (AvgIpc) is 1.63. The van der Waals surface area contributed by atoms with Gasteiger partial charge in [-0.1, -0.05) is 13.2 Å². The zero-order valence-corrected chi connectivity index (χ0v) is 5.94. The summed E-state index contributed by atoms with van der Waals surface area (Å²) < 4.78 is 0. The van der Waals surface area contributed by atoms with Crippen molar-refractivity contribution in [3.63, 3.8) is 0 Å². The van der Waals surface area contributed by atoms with Crippen LogP contribution < -0.4 is 5.32 Å². The molecule has 0 unspecified atom stereocenters. The number of rotatable bonds is 3. The molecule has 0 spiro atoms. The molecule has 0 aromatic heterocycles. The molecule has 0 aliphatic carbocycles. The normalized spacial score (nSPS) is 9.56. The Hall–Kier alpha value is -1.05. The van der Waals surface area contributed by atoms with Crippen LogP contribution in [0.25, 0.3) is 0 Å². The largest absolute Gasteiger partial charge is 0.345 e. The van der Waals surface area contributed by atoms with Gasteiger partial charge in [0, 0.05) is 11.9 Å². The summed E-state index contributed by atoms with van der Waals surface area (Å²) in [5.74, 6) is 0.630. The molecule has 50 valence electrons. The monoisotopic (exact) mass is 124 g/mol. The lowest BCUT2D eigenvalue weighted by Gasteiger charge is -2.00. The summed E-state index contributed by atoms with van der Waals surface area (Å²) in [6, 6.07) is 0. The smallest absolute Gasteiger partial charge is 0.122 e. The van der Waals surface area contributed by atoms with Crippen LogP contribution in [0.2, 0.25) is 0 Å².